The van der Waals surface area contributed by atoms with Crippen LogP contribution in [0.4, 0.5) is 20.4 Å². The summed E-state index contributed by atoms with van der Waals surface area (Å²) in [5.41, 5.74) is 0.884. The molecule has 1 aliphatic rings. The van der Waals surface area contributed by atoms with Crippen LogP contribution in [0.15, 0.2) is 29.3 Å². The predicted octanol–water partition coefficient (Wildman–Crippen LogP) is 5.28. The van der Waals surface area contributed by atoms with Gasteiger partial charge in [-0.2, -0.15) is 0 Å². The predicted molar refractivity (Wildman–Crippen MR) is 152 cm³/mol. The Bertz CT molecular complexity index is 1090. The molecule has 2 aromatic rings. The van der Waals surface area contributed by atoms with Gasteiger partial charge >= 0.3 is 12.2 Å². The molecule has 1 aliphatic heterocycles. The zero-order valence-electron chi connectivity index (χ0n) is 23.1. The van der Waals surface area contributed by atoms with Gasteiger partial charge in [0.25, 0.3) is 0 Å². The van der Waals surface area contributed by atoms with E-state index in [1.54, 1.807) is 32.2 Å². The standard InChI is InChI=1S/C26H39N5O5S2/c1-16(2)35-24(32)28-18-10-12-31(13-11-18)23-27-15-21(37-23)20-9-8-19(29-25(33)36-17(3)4)14-22(20)38(34)30-26(5,6)7/h8-9,14-18,30H,10-13H2,1-7H3,(H,28,32)(H,29,33). The highest BCUT2D eigenvalue weighted by Gasteiger charge is 2.27. The highest BCUT2D eigenvalue weighted by Crippen LogP contribution is 2.37. The molecule has 1 saturated heterocycles. The Morgan fingerprint density at radius 3 is 2.34 bits per heavy atom. The van der Waals surface area contributed by atoms with Gasteiger partial charge in [-0.25, -0.2) is 14.6 Å². The van der Waals surface area contributed by atoms with Gasteiger partial charge in [-0.3, -0.25) is 5.32 Å². The van der Waals surface area contributed by atoms with E-state index in [9.17, 15) is 14.1 Å². The molecule has 12 heteroatoms. The van der Waals surface area contributed by atoms with Crippen LogP contribution in [-0.2, 0) is 20.8 Å². The van der Waals surface area contributed by atoms with Crippen molar-refractivity contribution < 1.29 is 23.6 Å². The quantitative estimate of drug-likeness (QED) is 0.369. The van der Waals surface area contributed by atoms with Crippen LogP contribution in [0, 0.1) is 0 Å². The number of hydrogen-bond acceptors (Lipinski definition) is 9. The van der Waals surface area contributed by atoms with E-state index in [1.807, 2.05) is 40.7 Å². The van der Waals surface area contributed by atoms with E-state index in [0.29, 0.717) is 10.6 Å². The van der Waals surface area contributed by atoms with Crippen molar-refractivity contribution in [3.8, 4) is 10.4 Å². The second-order valence-corrected chi connectivity index (χ2v) is 13.0. The largest absolute Gasteiger partial charge is 0.593 e. The number of nitrogens with one attached hydrogen (secondary N) is 3. The topological polar surface area (TPSA) is 128 Å². The van der Waals surface area contributed by atoms with Crippen LogP contribution in [0.5, 0.6) is 0 Å². The maximum Gasteiger partial charge on any atom is 0.411 e. The molecule has 1 atom stereocenters. The van der Waals surface area contributed by atoms with Crippen LogP contribution in [-0.4, -0.2) is 58.6 Å². The maximum absolute atomic E-state index is 13.4. The average Bonchev–Trinajstić information content (AvgIpc) is 3.27. The van der Waals surface area contributed by atoms with Crippen molar-refractivity contribution in [3.05, 3.63) is 24.4 Å². The number of rotatable bonds is 8. The summed E-state index contributed by atoms with van der Waals surface area (Å²) in [6.07, 6.45) is 2.02. The van der Waals surface area contributed by atoms with Crippen molar-refractivity contribution in [1.82, 2.24) is 15.0 Å². The summed E-state index contributed by atoms with van der Waals surface area (Å²) in [4.78, 5) is 32.3. The first kappa shape index (κ1) is 30.0. The summed E-state index contributed by atoms with van der Waals surface area (Å²) in [7, 11) is 0. The number of aromatic nitrogens is 1. The van der Waals surface area contributed by atoms with Crippen molar-refractivity contribution in [2.75, 3.05) is 23.3 Å². The van der Waals surface area contributed by atoms with Gasteiger partial charge in [-0.05, 0) is 73.4 Å². The molecule has 1 aromatic carbocycles. The minimum Gasteiger partial charge on any atom is -0.593 e. The summed E-state index contributed by atoms with van der Waals surface area (Å²) >= 11 is -0.0179. The van der Waals surface area contributed by atoms with Gasteiger partial charge in [0.05, 0.1) is 39.5 Å². The molecule has 0 aliphatic carbocycles. The Hall–Kier alpha value is -2.54. The van der Waals surface area contributed by atoms with E-state index in [0.717, 1.165) is 41.5 Å². The highest BCUT2D eigenvalue weighted by molar-refractivity contribution is 7.89. The molecule has 1 unspecified atom stereocenters. The number of thiazole rings is 1. The van der Waals surface area contributed by atoms with Crippen LogP contribution >= 0.6 is 11.3 Å². The Morgan fingerprint density at radius 1 is 1.11 bits per heavy atom. The fourth-order valence-electron chi connectivity index (χ4n) is 3.82. The third-order valence-corrected chi connectivity index (χ3v) is 7.98. The van der Waals surface area contributed by atoms with Gasteiger partial charge in [0.15, 0.2) is 10.0 Å². The monoisotopic (exact) mass is 565 g/mol. The minimum absolute atomic E-state index is 0.0665. The summed E-state index contributed by atoms with van der Waals surface area (Å²) in [6.45, 7) is 14.5. The lowest BCUT2D eigenvalue weighted by atomic mass is 10.1. The first-order chi connectivity index (χ1) is 17.8. The molecule has 38 heavy (non-hydrogen) atoms. The van der Waals surface area contributed by atoms with Crippen molar-refractivity contribution in [1.29, 1.82) is 0 Å². The van der Waals surface area contributed by atoms with Crippen LogP contribution in [0.2, 0.25) is 0 Å². The fraction of sp³-hybridized carbons (Fsp3) is 0.577. The van der Waals surface area contributed by atoms with Gasteiger partial charge in [-0.15, -0.1) is 4.72 Å². The van der Waals surface area contributed by atoms with Gasteiger partial charge in [-0.1, -0.05) is 11.3 Å². The number of hydrogen-bond donors (Lipinski definition) is 3. The molecule has 2 amide bonds. The van der Waals surface area contributed by atoms with Crippen molar-refractivity contribution >= 4 is 45.7 Å². The van der Waals surface area contributed by atoms with Crippen LogP contribution < -0.4 is 20.3 Å². The Kier molecular flexibility index (Phi) is 10.3. The van der Waals surface area contributed by atoms with E-state index >= 15 is 0 Å². The third kappa shape index (κ3) is 9.04. The molecule has 3 N–H and O–H groups in total. The minimum atomic E-state index is -1.54. The number of nitrogens with zero attached hydrogens (tertiary/aromatic N) is 2. The van der Waals surface area contributed by atoms with E-state index in [4.69, 9.17) is 9.47 Å². The molecule has 2 heterocycles. The Balaban J connectivity index is 1.76. The molecule has 210 valence electrons. The first-order valence-electron chi connectivity index (χ1n) is 12.8. The van der Waals surface area contributed by atoms with E-state index < -0.39 is 17.5 Å². The number of anilines is 2. The van der Waals surface area contributed by atoms with Crippen molar-refractivity contribution in [3.63, 3.8) is 0 Å². The number of piperidine rings is 1. The number of ether oxygens (including phenoxy) is 2. The number of benzene rings is 1. The number of carbonyl (C=O) groups excluding carboxylic acids is 2. The van der Waals surface area contributed by atoms with Gasteiger partial charge in [0.1, 0.15) is 0 Å². The first-order valence-corrected chi connectivity index (χ1v) is 14.8. The average molecular weight is 566 g/mol. The molecule has 3 rings (SSSR count). The molecule has 1 fully saturated rings. The Morgan fingerprint density at radius 2 is 1.74 bits per heavy atom. The number of carbonyl (C=O) groups is 2. The summed E-state index contributed by atoms with van der Waals surface area (Å²) < 4.78 is 26.8. The molecule has 0 spiro atoms. The molecule has 0 saturated carbocycles. The second kappa shape index (κ2) is 13.0. The van der Waals surface area contributed by atoms with Crippen LogP contribution in [0.3, 0.4) is 0 Å². The molecule has 10 nitrogen and oxygen atoms in total. The third-order valence-electron chi connectivity index (χ3n) is 5.36. The zero-order valence-corrected chi connectivity index (χ0v) is 24.8. The van der Waals surface area contributed by atoms with Gasteiger partial charge in [0.2, 0.25) is 0 Å². The van der Waals surface area contributed by atoms with Crippen molar-refractivity contribution in [2.45, 2.75) is 90.0 Å². The summed E-state index contributed by atoms with van der Waals surface area (Å²) in [5, 5.41) is 6.52. The number of alkyl carbamates (subject to hydrolysis) is 1. The van der Waals surface area contributed by atoms with Crippen LogP contribution in [0.25, 0.3) is 10.4 Å². The molecule has 0 radical (unpaired) electrons. The normalized spacial score (nSPS) is 15.5. The second-order valence-electron chi connectivity index (χ2n) is 10.8. The zero-order chi connectivity index (χ0) is 28.0. The maximum atomic E-state index is 13.4. The lowest BCUT2D eigenvalue weighted by Gasteiger charge is -2.32. The van der Waals surface area contributed by atoms with E-state index in [2.05, 4.69) is 25.2 Å². The van der Waals surface area contributed by atoms with E-state index in [1.165, 1.54) is 11.3 Å². The van der Waals surface area contributed by atoms with E-state index in [-0.39, 0.29) is 29.9 Å². The van der Waals surface area contributed by atoms with Gasteiger partial charge < -0.3 is 24.2 Å². The highest BCUT2D eigenvalue weighted by atomic mass is 32.2. The lowest BCUT2D eigenvalue weighted by Crippen LogP contribution is -2.45. The van der Waals surface area contributed by atoms with Gasteiger partial charge in [0, 0.05) is 37.1 Å². The molecule has 0 bridgehead atoms. The number of amides is 2. The smallest absolute Gasteiger partial charge is 0.411 e. The SMILES string of the molecule is CC(C)OC(=O)Nc1ccc(-c2cnc(N3CCC(NC(=O)OC(C)C)CC3)s2)c([S+]([O-])NC(C)(C)C)c1. The lowest BCUT2D eigenvalue weighted by molar-refractivity contribution is 0.111. The molecular formula is C26H39N5O5S2. The molecule has 1 aromatic heterocycles. The Labute approximate surface area is 232 Å². The molecular weight excluding hydrogens is 526 g/mol. The van der Waals surface area contributed by atoms with Crippen LogP contribution in [0.1, 0.15) is 61.3 Å². The van der Waals surface area contributed by atoms with Crippen molar-refractivity contribution in [2.24, 2.45) is 0 Å². The summed E-state index contributed by atoms with van der Waals surface area (Å²) in [6, 6.07) is 5.38. The summed E-state index contributed by atoms with van der Waals surface area (Å²) in [5.74, 6) is 0. The fourth-order valence-corrected chi connectivity index (χ4v) is 6.17.